The first-order valence-electron chi connectivity index (χ1n) is 5.25. The molecule has 76 valence electrons. The van der Waals surface area contributed by atoms with Crippen LogP contribution in [0.2, 0.25) is 0 Å². The number of rotatable bonds is 0. The zero-order valence-corrected chi connectivity index (χ0v) is 8.77. The SMILES string of the molecule is CC12CC=CC=C1c1ccccc1N2N. The molecule has 0 saturated heterocycles. The van der Waals surface area contributed by atoms with Gasteiger partial charge in [0, 0.05) is 5.56 Å². The smallest absolute Gasteiger partial charge is 0.0822 e. The molecule has 0 bridgehead atoms. The molecule has 1 aliphatic heterocycles. The molecule has 2 aliphatic rings. The van der Waals surface area contributed by atoms with Gasteiger partial charge in [0.2, 0.25) is 0 Å². The Hall–Kier alpha value is -1.54. The topological polar surface area (TPSA) is 29.3 Å². The molecule has 1 aliphatic carbocycles. The molecule has 0 radical (unpaired) electrons. The van der Waals surface area contributed by atoms with Crippen LogP contribution in [-0.2, 0) is 0 Å². The van der Waals surface area contributed by atoms with Crippen LogP contribution in [-0.4, -0.2) is 5.54 Å². The number of hydrogen-bond donors (Lipinski definition) is 1. The van der Waals surface area contributed by atoms with Crippen molar-refractivity contribution in [2.45, 2.75) is 18.9 Å². The standard InChI is InChI=1S/C13H14N2/c1-13-9-5-4-7-11(13)10-6-2-3-8-12(10)15(13)14/h2-8H,9,14H2,1H3. The Morgan fingerprint density at radius 3 is 3.00 bits per heavy atom. The van der Waals surface area contributed by atoms with E-state index in [1.165, 1.54) is 11.1 Å². The van der Waals surface area contributed by atoms with Crippen LogP contribution in [0.4, 0.5) is 5.69 Å². The van der Waals surface area contributed by atoms with Gasteiger partial charge in [-0.2, -0.15) is 0 Å². The lowest BCUT2D eigenvalue weighted by Gasteiger charge is -2.35. The van der Waals surface area contributed by atoms with Crippen LogP contribution in [0.5, 0.6) is 0 Å². The van der Waals surface area contributed by atoms with E-state index in [1.54, 1.807) is 0 Å². The number of nitrogens with two attached hydrogens (primary N) is 1. The van der Waals surface area contributed by atoms with E-state index in [0.717, 1.165) is 12.1 Å². The molecule has 3 rings (SSSR count). The van der Waals surface area contributed by atoms with E-state index in [2.05, 4.69) is 43.4 Å². The number of benzene rings is 1. The van der Waals surface area contributed by atoms with E-state index >= 15 is 0 Å². The minimum absolute atomic E-state index is 0.0571. The fourth-order valence-corrected chi connectivity index (χ4v) is 2.54. The zero-order chi connectivity index (χ0) is 10.5. The maximum Gasteiger partial charge on any atom is 0.0822 e. The van der Waals surface area contributed by atoms with Crippen LogP contribution in [0.3, 0.4) is 0 Å². The Morgan fingerprint density at radius 2 is 2.13 bits per heavy atom. The Morgan fingerprint density at radius 1 is 1.33 bits per heavy atom. The van der Waals surface area contributed by atoms with Gasteiger partial charge >= 0.3 is 0 Å². The summed E-state index contributed by atoms with van der Waals surface area (Å²) in [5, 5.41) is 1.90. The van der Waals surface area contributed by atoms with Crippen molar-refractivity contribution in [3.05, 3.63) is 48.1 Å². The van der Waals surface area contributed by atoms with Gasteiger partial charge < -0.3 is 0 Å². The van der Waals surface area contributed by atoms with Crippen molar-refractivity contribution >= 4 is 11.3 Å². The summed E-state index contributed by atoms with van der Waals surface area (Å²) in [4.78, 5) is 0. The predicted octanol–water partition coefficient (Wildman–Crippen LogP) is 2.48. The van der Waals surface area contributed by atoms with Crippen molar-refractivity contribution < 1.29 is 0 Å². The first-order valence-corrected chi connectivity index (χ1v) is 5.25. The third-order valence-corrected chi connectivity index (χ3v) is 3.48. The molecule has 1 heterocycles. The Bertz CT molecular complexity index is 473. The fourth-order valence-electron chi connectivity index (χ4n) is 2.54. The van der Waals surface area contributed by atoms with Crippen molar-refractivity contribution in [2.75, 3.05) is 5.01 Å². The number of allylic oxidation sites excluding steroid dienone is 2. The van der Waals surface area contributed by atoms with Crippen LogP contribution in [0, 0.1) is 0 Å². The summed E-state index contributed by atoms with van der Waals surface area (Å²) in [6.45, 7) is 2.20. The lowest BCUT2D eigenvalue weighted by molar-refractivity contribution is 0.560. The van der Waals surface area contributed by atoms with Gasteiger partial charge in [0.25, 0.3) is 0 Å². The second-order valence-corrected chi connectivity index (χ2v) is 4.37. The zero-order valence-electron chi connectivity index (χ0n) is 8.77. The maximum atomic E-state index is 6.19. The molecular formula is C13H14N2. The molecule has 1 unspecified atom stereocenters. The molecule has 2 heteroatoms. The number of para-hydroxylation sites is 1. The second kappa shape index (κ2) is 2.74. The first kappa shape index (κ1) is 8.74. The molecule has 0 spiro atoms. The monoisotopic (exact) mass is 198 g/mol. The van der Waals surface area contributed by atoms with Crippen LogP contribution >= 0.6 is 0 Å². The Balaban J connectivity index is 2.27. The molecule has 1 aromatic rings. The summed E-state index contributed by atoms with van der Waals surface area (Å²) >= 11 is 0. The molecule has 15 heavy (non-hydrogen) atoms. The minimum atomic E-state index is -0.0571. The highest BCUT2D eigenvalue weighted by atomic mass is 15.5. The molecule has 1 aromatic carbocycles. The molecule has 2 nitrogen and oxygen atoms in total. The first-order chi connectivity index (χ1) is 7.23. The Labute approximate surface area is 89.7 Å². The van der Waals surface area contributed by atoms with E-state index in [0.29, 0.717) is 0 Å². The predicted molar refractivity (Wildman–Crippen MR) is 63.2 cm³/mol. The van der Waals surface area contributed by atoms with Gasteiger partial charge in [-0.25, -0.2) is 5.84 Å². The maximum absolute atomic E-state index is 6.19. The third-order valence-electron chi connectivity index (χ3n) is 3.48. The normalized spacial score (nSPS) is 27.3. The summed E-state index contributed by atoms with van der Waals surface area (Å²) in [5.41, 5.74) is 3.68. The highest BCUT2D eigenvalue weighted by molar-refractivity contribution is 5.91. The molecule has 0 fully saturated rings. The number of fused-ring (bicyclic) bond motifs is 3. The van der Waals surface area contributed by atoms with Gasteiger partial charge in [-0.15, -0.1) is 0 Å². The fraction of sp³-hybridized carbons (Fsp3) is 0.231. The number of nitrogens with zero attached hydrogens (tertiary/aromatic N) is 1. The average molecular weight is 198 g/mol. The van der Waals surface area contributed by atoms with Gasteiger partial charge in [0.05, 0.1) is 11.2 Å². The van der Waals surface area contributed by atoms with E-state index in [-0.39, 0.29) is 5.54 Å². The lowest BCUT2D eigenvalue weighted by atomic mass is 9.84. The van der Waals surface area contributed by atoms with Crippen molar-refractivity contribution in [1.29, 1.82) is 0 Å². The van der Waals surface area contributed by atoms with Crippen molar-refractivity contribution in [2.24, 2.45) is 5.84 Å². The van der Waals surface area contributed by atoms with E-state index < -0.39 is 0 Å². The summed E-state index contributed by atoms with van der Waals surface area (Å²) in [5.74, 6) is 6.19. The molecule has 1 atom stereocenters. The van der Waals surface area contributed by atoms with Crippen molar-refractivity contribution in [1.82, 2.24) is 0 Å². The largest absolute Gasteiger partial charge is 0.300 e. The molecule has 0 amide bonds. The summed E-state index contributed by atoms with van der Waals surface area (Å²) in [7, 11) is 0. The third kappa shape index (κ3) is 0.972. The number of anilines is 1. The minimum Gasteiger partial charge on any atom is -0.300 e. The van der Waals surface area contributed by atoms with Crippen LogP contribution < -0.4 is 10.9 Å². The lowest BCUT2D eigenvalue weighted by Crippen LogP contribution is -2.48. The van der Waals surface area contributed by atoms with Crippen LogP contribution in [0.25, 0.3) is 5.57 Å². The van der Waals surface area contributed by atoms with Crippen molar-refractivity contribution in [3.8, 4) is 0 Å². The number of hydrogen-bond acceptors (Lipinski definition) is 2. The van der Waals surface area contributed by atoms with Gasteiger partial charge in [-0.05, 0) is 25.0 Å². The quantitative estimate of drug-likeness (QED) is 0.649. The average Bonchev–Trinajstić information content (AvgIpc) is 2.50. The molecule has 2 N–H and O–H groups in total. The van der Waals surface area contributed by atoms with Gasteiger partial charge in [0.15, 0.2) is 0 Å². The second-order valence-electron chi connectivity index (χ2n) is 4.37. The molecule has 0 saturated carbocycles. The van der Waals surface area contributed by atoms with Crippen LogP contribution in [0.1, 0.15) is 18.9 Å². The summed E-state index contributed by atoms with van der Waals surface area (Å²) in [6, 6.07) is 8.33. The van der Waals surface area contributed by atoms with Gasteiger partial charge in [-0.1, -0.05) is 36.4 Å². The van der Waals surface area contributed by atoms with E-state index in [4.69, 9.17) is 5.84 Å². The highest BCUT2D eigenvalue weighted by Crippen LogP contribution is 2.48. The van der Waals surface area contributed by atoms with Crippen molar-refractivity contribution in [3.63, 3.8) is 0 Å². The summed E-state index contributed by atoms with van der Waals surface area (Å²) < 4.78 is 0. The molecular weight excluding hydrogens is 184 g/mol. The van der Waals surface area contributed by atoms with Gasteiger partial charge in [-0.3, -0.25) is 5.01 Å². The molecule has 0 aromatic heterocycles. The summed E-state index contributed by atoms with van der Waals surface area (Å²) in [6.07, 6.45) is 7.45. The van der Waals surface area contributed by atoms with Crippen LogP contribution in [0.15, 0.2) is 42.5 Å². The Kier molecular flexibility index (Phi) is 1.59. The van der Waals surface area contributed by atoms with E-state index in [9.17, 15) is 0 Å². The number of hydrazine groups is 1. The highest BCUT2D eigenvalue weighted by Gasteiger charge is 2.42. The van der Waals surface area contributed by atoms with Gasteiger partial charge in [0.1, 0.15) is 0 Å². The van der Waals surface area contributed by atoms with E-state index in [1.807, 2.05) is 11.1 Å².